The molecule has 1 saturated heterocycles. The number of thiophene rings is 1. The quantitative estimate of drug-likeness (QED) is 0.538. The fourth-order valence-electron chi connectivity index (χ4n) is 3.22. The van der Waals surface area contributed by atoms with E-state index in [-0.39, 0.29) is 11.7 Å². The zero-order valence-electron chi connectivity index (χ0n) is 16.2. The Labute approximate surface area is 178 Å². The first-order valence-corrected chi connectivity index (χ1v) is 11.5. The summed E-state index contributed by atoms with van der Waals surface area (Å²) in [4.78, 5) is 20.3. The van der Waals surface area contributed by atoms with Crippen LogP contribution in [0.1, 0.15) is 29.1 Å². The van der Waals surface area contributed by atoms with Crippen molar-refractivity contribution in [3.8, 4) is 0 Å². The van der Waals surface area contributed by atoms with Crippen molar-refractivity contribution >= 4 is 52.5 Å². The molecule has 2 aromatic heterocycles. The summed E-state index contributed by atoms with van der Waals surface area (Å²) in [5.74, 6) is 0.876. The molecule has 0 spiro atoms. The predicted molar refractivity (Wildman–Crippen MR) is 122 cm³/mol. The van der Waals surface area contributed by atoms with Crippen molar-refractivity contribution in [2.75, 3.05) is 29.1 Å². The second kappa shape index (κ2) is 9.28. The Morgan fingerprint density at radius 1 is 1.31 bits per heavy atom. The lowest BCUT2D eigenvalue weighted by molar-refractivity contribution is -0.113. The number of anilines is 2. The second-order valence-electron chi connectivity index (χ2n) is 6.88. The molecule has 0 bridgehead atoms. The molecule has 1 amide bonds. The average molecular weight is 426 g/mol. The number of aromatic amines is 1. The zero-order valence-corrected chi connectivity index (χ0v) is 17.9. The summed E-state index contributed by atoms with van der Waals surface area (Å²) in [6.45, 7) is 4.26. The average Bonchev–Trinajstić information content (AvgIpc) is 3.48. The van der Waals surface area contributed by atoms with Crippen LogP contribution in [0.3, 0.4) is 0 Å². The number of nitrogens with zero attached hydrogens (tertiary/aromatic N) is 3. The first kappa shape index (κ1) is 19.7. The molecular formula is C21H23N5OS2. The highest BCUT2D eigenvalue weighted by Gasteiger charge is 2.14. The van der Waals surface area contributed by atoms with Crippen LogP contribution in [-0.4, -0.2) is 39.9 Å². The largest absolute Gasteiger partial charge is 0.372 e. The number of carbonyl (C=O) groups is 1. The molecule has 1 aliphatic heterocycles. The summed E-state index contributed by atoms with van der Waals surface area (Å²) in [6, 6.07) is 10.3. The van der Waals surface area contributed by atoms with Crippen molar-refractivity contribution in [1.82, 2.24) is 15.2 Å². The third-order valence-electron chi connectivity index (χ3n) is 4.72. The third kappa shape index (κ3) is 5.27. The van der Waals surface area contributed by atoms with Crippen LogP contribution in [0.5, 0.6) is 0 Å². The SMILES string of the molecule is Cc1cc(N2CCCC2)ccc1NC(=O)CSc1n[nH]c(/C=C/c2cccs2)n1. The Morgan fingerprint density at radius 3 is 2.93 bits per heavy atom. The van der Waals surface area contributed by atoms with Crippen LogP contribution in [0, 0.1) is 6.92 Å². The minimum atomic E-state index is -0.0625. The minimum Gasteiger partial charge on any atom is -0.372 e. The maximum absolute atomic E-state index is 12.3. The van der Waals surface area contributed by atoms with Gasteiger partial charge in [-0.3, -0.25) is 9.89 Å². The van der Waals surface area contributed by atoms with E-state index in [1.165, 1.54) is 30.3 Å². The Hall–Kier alpha value is -2.58. The summed E-state index contributed by atoms with van der Waals surface area (Å²) in [5, 5.41) is 12.6. The second-order valence-corrected chi connectivity index (χ2v) is 8.80. The fraction of sp³-hybridized carbons (Fsp3) is 0.286. The lowest BCUT2D eigenvalue weighted by Crippen LogP contribution is -2.18. The summed E-state index contributed by atoms with van der Waals surface area (Å²) >= 11 is 2.98. The van der Waals surface area contributed by atoms with Gasteiger partial charge in [-0.2, -0.15) is 0 Å². The molecule has 0 radical (unpaired) electrons. The molecule has 1 aromatic carbocycles. The van der Waals surface area contributed by atoms with Crippen LogP contribution in [0.15, 0.2) is 40.9 Å². The highest BCUT2D eigenvalue weighted by molar-refractivity contribution is 7.99. The molecule has 2 N–H and O–H groups in total. The van der Waals surface area contributed by atoms with E-state index in [0.717, 1.165) is 29.2 Å². The van der Waals surface area contributed by atoms with Crippen molar-refractivity contribution in [3.05, 3.63) is 52.0 Å². The van der Waals surface area contributed by atoms with Gasteiger partial charge in [-0.15, -0.1) is 16.4 Å². The Kier molecular flexibility index (Phi) is 6.31. The normalized spacial score (nSPS) is 14.0. The standard InChI is InChI=1S/C21H23N5OS2/c1-15-13-16(26-10-2-3-11-26)6-8-18(15)22-20(27)14-29-21-23-19(24-25-21)9-7-17-5-4-12-28-17/h4-9,12-13H,2-3,10-11,14H2,1H3,(H,22,27)(H,23,24,25)/b9-7+. The van der Waals surface area contributed by atoms with Gasteiger partial charge in [0.2, 0.25) is 11.1 Å². The molecule has 3 aromatic rings. The summed E-state index contributed by atoms with van der Waals surface area (Å²) in [7, 11) is 0. The number of benzene rings is 1. The van der Waals surface area contributed by atoms with Gasteiger partial charge in [0, 0.05) is 29.3 Å². The molecule has 150 valence electrons. The Bertz CT molecular complexity index is 990. The summed E-state index contributed by atoms with van der Waals surface area (Å²) < 4.78 is 0. The Balaban J connectivity index is 1.29. The molecule has 0 aliphatic carbocycles. The van der Waals surface area contributed by atoms with Crippen LogP contribution in [0.2, 0.25) is 0 Å². The lowest BCUT2D eigenvalue weighted by atomic mass is 10.1. The number of nitrogens with one attached hydrogen (secondary N) is 2. The van der Waals surface area contributed by atoms with Crippen molar-refractivity contribution in [2.45, 2.75) is 24.9 Å². The number of carbonyl (C=O) groups excluding carboxylic acids is 1. The highest BCUT2D eigenvalue weighted by Crippen LogP contribution is 2.26. The molecule has 29 heavy (non-hydrogen) atoms. The summed E-state index contributed by atoms with van der Waals surface area (Å²) in [5.41, 5.74) is 3.16. The molecule has 0 saturated carbocycles. The van der Waals surface area contributed by atoms with Crippen LogP contribution < -0.4 is 10.2 Å². The first-order valence-electron chi connectivity index (χ1n) is 9.59. The first-order chi connectivity index (χ1) is 14.2. The van der Waals surface area contributed by atoms with Gasteiger partial charge in [0.15, 0.2) is 0 Å². The topological polar surface area (TPSA) is 73.9 Å². The molecule has 0 unspecified atom stereocenters. The van der Waals surface area contributed by atoms with Gasteiger partial charge in [-0.05, 0) is 67.1 Å². The number of amides is 1. The van der Waals surface area contributed by atoms with E-state index in [1.807, 2.05) is 42.7 Å². The molecule has 0 atom stereocenters. The van der Waals surface area contributed by atoms with Crippen LogP contribution in [0.25, 0.3) is 12.2 Å². The fourth-order valence-corrected chi connectivity index (χ4v) is 4.44. The van der Waals surface area contributed by atoms with Crippen molar-refractivity contribution in [1.29, 1.82) is 0 Å². The third-order valence-corrected chi connectivity index (χ3v) is 6.40. The van der Waals surface area contributed by atoms with E-state index < -0.39 is 0 Å². The predicted octanol–water partition coefficient (Wildman–Crippen LogP) is 4.68. The number of H-pyrrole nitrogens is 1. The molecule has 1 fully saturated rings. The molecule has 8 heteroatoms. The number of thioether (sulfide) groups is 1. The van der Waals surface area contributed by atoms with E-state index in [2.05, 4.69) is 37.5 Å². The van der Waals surface area contributed by atoms with Gasteiger partial charge in [0.05, 0.1) is 5.75 Å². The zero-order chi connectivity index (χ0) is 20.1. The van der Waals surface area contributed by atoms with Crippen molar-refractivity contribution < 1.29 is 4.79 Å². The minimum absolute atomic E-state index is 0.0625. The van der Waals surface area contributed by atoms with E-state index in [1.54, 1.807) is 11.3 Å². The Morgan fingerprint density at radius 2 is 2.17 bits per heavy atom. The van der Waals surface area contributed by atoms with Gasteiger partial charge in [0.1, 0.15) is 5.82 Å². The molecule has 6 nitrogen and oxygen atoms in total. The monoisotopic (exact) mass is 425 g/mol. The van der Waals surface area contributed by atoms with Gasteiger partial charge >= 0.3 is 0 Å². The van der Waals surface area contributed by atoms with E-state index in [9.17, 15) is 4.79 Å². The number of rotatable bonds is 7. The van der Waals surface area contributed by atoms with Gasteiger partial charge in [-0.1, -0.05) is 17.8 Å². The number of hydrogen-bond acceptors (Lipinski definition) is 6. The van der Waals surface area contributed by atoms with E-state index in [4.69, 9.17) is 0 Å². The van der Waals surface area contributed by atoms with Gasteiger partial charge in [0.25, 0.3) is 0 Å². The van der Waals surface area contributed by atoms with Crippen molar-refractivity contribution in [2.24, 2.45) is 0 Å². The van der Waals surface area contributed by atoms with Crippen LogP contribution >= 0.6 is 23.1 Å². The smallest absolute Gasteiger partial charge is 0.234 e. The van der Waals surface area contributed by atoms with Gasteiger partial charge in [-0.25, -0.2) is 4.98 Å². The number of aryl methyl sites for hydroxylation is 1. The summed E-state index contributed by atoms with van der Waals surface area (Å²) in [6.07, 6.45) is 6.37. The van der Waals surface area contributed by atoms with Crippen LogP contribution in [0.4, 0.5) is 11.4 Å². The van der Waals surface area contributed by atoms with E-state index >= 15 is 0 Å². The van der Waals surface area contributed by atoms with Crippen molar-refractivity contribution in [3.63, 3.8) is 0 Å². The van der Waals surface area contributed by atoms with E-state index in [0.29, 0.717) is 11.0 Å². The molecule has 4 rings (SSSR count). The lowest BCUT2D eigenvalue weighted by Gasteiger charge is -2.19. The molecule has 3 heterocycles. The maximum atomic E-state index is 12.3. The highest BCUT2D eigenvalue weighted by atomic mass is 32.2. The number of aromatic nitrogens is 3. The maximum Gasteiger partial charge on any atom is 0.234 e. The molecular weight excluding hydrogens is 402 g/mol. The van der Waals surface area contributed by atoms with Crippen LogP contribution in [-0.2, 0) is 4.79 Å². The van der Waals surface area contributed by atoms with Gasteiger partial charge < -0.3 is 10.2 Å². The molecule has 1 aliphatic rings. The number of hydrogen-bond donors (Lipinski definition) is 2.